The van der Waals surface area contributed by atoms with E-state index in [1.807, 2.05) is 19.1 Å². The molecule has 6 nitrogen and oxygen atoms in total. The average Bonchev–Trinajstić information content (AvgIpc) is 2.49. The quantitative estimate of drug-likeness (QED) is 0.910. The molecule has 1 N–H and O–H groups in total. The third kappa shape index (κ3) is 3.97. The van der Waals surface area contributed by atoms with Crippen LogP contribution in [0.5, 0.6) is 5.88 Å². The summed E-state index contributed by atoms with van der Waals surface area (Å²) in [6, 6.07) is 10.00. The van der Waals surface area contributed by atoms with E-state index < -0.39 is 0 Å². The molecule has 6 heteroatoms. The van der Waals surface area contributed by atoms with E-state index in [1.165, 1.54) is 6.92 Å². The molecule has 23 heavy (non-hydrogen) atoms. The number of benzene rings is 1. The summed E-state index contributed by atoms with van der Waals surface area (Å²) in [7, 11) is 0. The summed E-state index contributed by atoms with van der Waals surface area (Å²) in [6.07, 6.45) is 1.87. The molecule has 1 aliphatic heterocycles. The number of carbonyl (C=O) groups is 1. The Bertz CT molecular complexity index is 681. The van der Waals surface area contributed by atoms with Crippen LogP contribution in [-0.4, -0.2) is 35.1 Å². The lowest BCUT2D eigenvalue weighted by Gasteiger charge is -2.40. The first-order chi connectivity index (χ1) is 11.1. The highest BCUT2D eigenvalue weighted by Crippen LogP contribution is 2.23. The number of aromatic nitrogens is 2. The molecule has 120 valence electrons. The van der Waals surface area contributed by atoms with Crippen LogP contribution in [0.25, 0.3) is 0 Å². The van der Waals surface area contributed by atoms with Gasteiger partial charge in [0, 0.05) is 31.4 Å². The Hall–Kier alpha value is -2.63. The molecular weight excluding hydrogens is 292 g/mol. The van der Waals surface area contributed by atoms with Crippen LogP contribution in [0, 0.1) is 6.92 Å². The second-order valence-electron chi connectivity index (χ2n) is 5.66. The fourth-order valence-electron chi connectivity index (χ4n) is 2.45. The third-order valence-corrected chi connectivity index (χ3v) is 3.73. The van der Waals surface area contributed by atoms with E-state index in [0.29, 0.717) is 18.2 Å². The second-order valence-corrected chi connectivity index (χ2v) is 5.66. The van der Waals surface area contributed by atoms with Crippen molar-refractivity contribution in [2.45, 2.75) is 26.5 Å². The molecule has 0 aliphatic carbocycles. The van der Waals surface area contributed by atoms with Crippen LogP contribution in [0.4, 0.5) is 5.69 Å². The highest BCUT2D eigenvalue weighted by atomic mass is 16.5. The molecule has 1 aromatic heterocycles. The molecule has 1 saturated heterocycles. The summed E-state index contributed by atoms with van der Waals surface area (Å²) in [5.41, 5.74) is 2.25. The number of nitrogens with one attached hydrogen (secondary N) is 1. The molecule has 1 fully saturated rings. The Morgan fingerprint density at radius 3 is 2.70 bits per heavy atom. The van der Waals surface area contributed by atoms with E-state index in [-0.39, 0.29) is 12.0 Å². The number of aryl methyl sites for hydroxylation is 1. The Labute approximate surface area is 135 Å². The smallest absolute Gasteiger partial charge is 0.217 e. The highest BCUT2D eigenvalue weighted by molar-refractivity contribution is 5.72. The zero-order valence-electron chi connectivity index (χ0n) is 13.3. The number of rotatable bonds is 5. The number of ether oxygens (including phenoxy) is 1. The second kappa shape index (κ2) is 6.64. The lowest BCUT2D eigenvalue weighted by Crippen LogP contribution is -2.54. The Balaban J connectivity index is 1.50. The molecule has 1 aliphatic rings. The minimum atomic E-state index is -0.0169. The molecule has 1 amide bonds. The Morgan fingerprint density at radius 2 is 2.04 bits per heavy atom. The standard InChI is InChI=1S/C17H20N4O2/c1-12-18-8-7-17(20-12)23-16-10-21(11-16)15-5-3-14(4-6-15)9-19-13(2)22/h3-8,16H,9-11H2,1-2H3,(H,19,22). The summed E-state index contributed by atoms with van der Waals surface area (Å²) in [4.78, 5) is 21.5. The predicted molar refractivity (Wildman–Crippen MR) is 87.4 cm³/mol. The lowest BCUT2D eigenvalue weighted by molar-refractivity contribution is -0.119. The molecular formula is C17H20N4O2. The normalized spacial score (nSPS) is 14.3. The summed E-state index contributed by atoms with van der Waals surface area (Å²) >= 11 is 0. The maximum absolute atomic E-state index is 10.9. The van der Waals surface area contributed by atoms with Crippen molar-refractivity contribution in [3.8, 4) is 5.88 Å². The maximum atomic E-state index is 10.9. The van der Waals surface area contributed by atoms with Gasteiger partial charge in [-0.3, -0.25) is 4.79 Å². The van der Waals surface area contributed by atoms with Crippen molar-refractivity contribution in [1.29, 1.82) is 0 Å². The predicted octanol–water partition coefficient (Wildman–Crippen LogP) is 1.69. The first-order valence-electron chi connectivity index (χ1n) is 7.65. The van der Waals surface area contributed by atoms with Crippen molar-refractivity contribution >= 4 is 11.6 Å². The van der Waals surface area contributed by atoms with Gasteiger partial charge in [-0.05, 0) is 24.6 Å². The van der Waals surface area contributed by atoms with Crippen LogP contribution in [0.3, 0.4) is 0 Å². The van der Waals surface area contributed by atoms with E-state index in [2.05, 4.69) is 32.3 Å². The number of hydrogen-bond acceptors (Lipinski definition) is 5. The van der Waals surface area contributed by atoms with Gasteiger partial charge in [-0.15, -0.1) is 0 Å². The number of anilines is 1. The SMILES string of the molecule is CC(=O)NCc1ccc(N2CC(Oc3ccnc(C)n3)C2)cc1. The third-order valence-electron chi connectivity index (χ3n) is 3.73. The van der Waals surface area contributed by atoms with Gasteiger partial charge in [0.05, 0.1) is 13.1 Å². The number of amides is 1. The molecule has 0 radical (unpaired) electrons. The lowest BCUT2D eigenvalue weighted by atomic mass is 10.1. The van der Waals surface area contributed by atoms with Gasteiger partial charge < -0.3 is 15.0 Å². The minimum Gasteiger partial charge on any atom is -0.470 e. The first-order valence-corrected chi connectivity index (χ1v) is 7.65. The Kier molecular flexibility index (Phi) is 4.41. The molecule has 2 aromatic rings. The van der Waals surface area contributed by atoms with E-state index in [9.17, 15) is 4.79 Å². The van der Waals surface area contributed by atoms with E-state index in [0.717, 1.165) is 24.3 Å². The first kappa shape index (κ1) is 15.3. The van der Waals surface area contributed by atoms with Gasteiger partial charge in [-0.25, -0.2) is 4.98 Å². The monoisotopic (exact) mass is 312 g/mol. The largest absolute Gasteiger partial charge is 0.470 e. The van der Waals surface area contributed by atoms with Crippen LogP contribution in [0.15, 0.2) is 36.5 Å². The highest BCUT2D eigenvalue weighted by Gasteiger charge is 2.29. The van der Waals surface area contributed by atoms with Gasteiger partial charge in [0.25, 0.3) is 0 Å². The van der Waals surface area contributed by atoms with Crippen LogP contribution < -0.4 is 15.0 Å². The van der Waals surface area contributed by atoms with Crippen molar-refractivity contribution in [3.63, 3.8) is 0 Å². The fraction of sp³-hybridized carbons (Fsp3) is 0.353. The van der Waals surface area contributed by atoms with Crippen molar-refractivity contribution in [2.24, 2.45) is 0 Å². The summed E-state index contributed by atoms with van der Waals surface area (Å²) in [5, 5.41) is 2.79. The van der Waals surface area contributed by atoms with Crippen molar-refractivity contribution in [3.05, 3.63) is 47.9 Å². The van der Waals surface area contributed by atoms with Crippen LogP contribution >= 0.6 is 0 Å². The average molecular weight is 312 g/mol. The number of carbonyl (C=O) groups excluding carboxylic acids is 1. The molecule has 1 aromatic carbocycles. The van der Waals surface area contributed by atoms with Gasteiger partial charge in [0.15, 0.2) is 0 Å². The van der Waals surface area contributed by atoms with Crippen molar-refractivity contribution in [1.82, 2.24) is 15.3 Å². The van der Waals surface area contributed by atoms with Gasteiger partial charge >= 0.3 is 0 Å². The van der Waals surface area contributed by atoms with Crippen LogP contribution in [-0.2, 0) is 11.3 Å². The molecule has 0 atom stereocenters. The minimum absolute atomic E-state index is 0.0169. The molecule has 0 spiro atoms. The maximum Gasteiger partial charge on any atom is 0.217 e. The van der Waals surface area contributed by atoms with Crippen LogP contribution in [0.2, 0.25) is 0 Å². The van der Waals surface area contributed by atoms with E-state index in [1.54, 1.807) is 12.3 Å². The van der Waals surface area contributed by atoms with Crippen LogP contribution in [0.1, 0.15) is 18.3 Å². The summed E-state index contributed by atoms with van der Waals surface area (Å²) in [5.74, 6) is 1.33. The summed E-state index contributed by atoms with van der Waals surface area (Å²) < 4.78 is 5.83. The van der Waals surface area contributed by atoms with Crippen molar-refractivity contribution < 1.29 is 9.53 Å². The topological polar surface area (TPSA) is 67.4 Å². The van der Waals surface area contributed by atoms with E-state index in [4.69, 9.17) is 4.74 Å². The van der Waals surface area contributed by atoms with Gasteiger partial charge in [0.1, 0.15) is 11.9 Å². The molecule has 0 unspecified atom stereocenters. The number of hydrogen-bond donors (Lipinski definition) is 1. The summed E-state index contributed by atoms with van der Waals surface area (Å²) in [6.45, 7) is 5.62. The zero-order valence-corrected chi connectivity index (χ0v) is 13.3. The fourth-order valence-corrected chi connectivity index (χ4v) is 2.45. The van der Waals surface area contributed by atoms with Gasteiger partial charge in [-0.2, -0.15) is 4.98 Å². The molecule has 0 saturated carbocycles. The van der Waals surface area contributed by atoms with Crippen molar-refractivity contribution in [2.75, 3.05) is 18.0 Å². The number of nitrogens with zero attached hydrogens (tertiary/aromatic N) is 3. The van der Waals surface area contributed by atoms with Gasteiger partial charge in [0.2, 0.25) is 11.8 Å². The Morgan fingerprint density at radius 1 is 1.30 bits per heavy atom. The zero-order chi connectivity index (χ0) is 16.2. The molecule has 2 heterocycles. The van der Waals surface area contributed by atoms with Gasteiger partial charge in [-0.1, -0.05) is 12.1 Å². The molecule has 3 rings (SSSR count). The van der Waals surface area contributed by atoms with E-state index >= 15 is 0 Å². The molecule has 0 bridgehead atoms.